The van der Waals surface area contributed by atoms with Crippen LogP contribution >= 0.6 is 0 Å². The first kappa shape index (κ1) is 17.4. The Bertz CT molecular complexity index is 901. The van der Waals surface area contributed by atoms with Crippen molar-refractivity contribution in [3.63, 3.8) is 0 Å². The molecule has 0 aliphatic carbocycles. The minimum Gasteiger partial charge on any atom is -0.487 e. The molecule has 4 rings (SSSR count). The number of aliphatic hydroxyl groups is 1. The molecule has 3 heterocycles. The number of pyridine rings is 1. The zero-order chi connectivity index (χ0) is 18.5. The lowest BCUT2D eigenvalue weighted by molar-refractivity contribution is -0.0813. The monoisotopic (exact) mass is 365 g/mol. The number of rotatable bonds is 7. The molecule has 7 nitrogen and oxygen atoms in total. The van der Waals surface area contributed by atoms with Crippen molar-refractivity contribution in [2.45, 2.75) is 19.3 Å². The quantitative estimate of drug-likeness (QED) is 0.688. The summed E-state index contributed by atoms with van der Waals surface area (Å²) in [5.41, 5.74) is 2.21. The summed E-state index contributed by atoms with van der Waals surface area (Å²) in [5, 5.41) is 9.44. The maximum atomic E-state index is 9.44. The smallest absolute Gasteiger partial charge is 0.217 e. The Kier molecular flexibility index (Phi) is 5.22. The summed E-state index contributed by atoms with van der Waals surface area (Å²) in [5.74, 6) is 1.47. The second kappa shape index (κ2) is 8.11. The van der Waals surface area contributed by atoms with Crippen LogP contribution in [-0.2, 0) is 18.0 Å². The third kappa shape index (κ3) is 4.21. The second-order valence-corrected chi connectivity index (χ2v) is 6.10. The van der Waals surface area contributed by atoms with Crippen molar-refractivity contribution in [1.82, 2.24) is 15.0 Å². The van der Waals surface area contributed by atoms with Gasteiger partial charge in [-0.3, -0.25) is 4.98 Å². The lowest BCUT2D eigenvalue weighted by Gasteiger charge is -2.26. The van der Waals surface area contributed by atoms with E-state index in [0.29, 0.717) is 48.5 Å². The van der Waals surface area contributed by atoms with E-state index in [4.69, 9.17) is 14.2 Å². The minimum atomic E-state index is -0.179. The van der Waals surface area contributed by atoms with Gasteiger partial charge in [0.25, 0.3) is 0 Å². The van der Waals surface area contributed by atoms with Crippen LogP contribution in [0.15, 0.2) is 54.9 Å². The lowest BCUT2D eigenvalue weighted by Crippen LogP contribution is -2.38. The van der Waals surface area contributed by atoms with Crippen LogP contribution in [0.5, 0.6) is 11.6 Å². The van der Waals surface area contributed by atoms with Crippen LogP contribution in [0.25, 0.3) is 11.4 Å². The van der Waals surface area contributed by atoms with Gasteiger partial charge < -0.3 is 19.3 Å². The lowest BCUT2D eigenvalue weighted by atomic mass is 10.2. The van der Waals surface area contributed by atoms with Crippen molar-refractivity contribution >= 4 is 0 Å². The van der Waals surface area contributed by atoms with E-state index in [9.17, 15) is 5.11 Å². The normalized spacial score (nSPS) is 13.8. The molecular weight excluding hydrogens is 346 g/mol. The molecule has 7 heteroatoms. The predicted octanol–water partition coefficient (Wildman–Crippen LogP) is 2.39. The summed E-state index contributed by atoms with van der Waals surface area (Å²) in [6.07, 6.45) is 3.24. The summed E-state index contributed by atoms with van der Waals surface area (Å²) in [4.78, 5) is 13.0. The summed E-state index contributed by atoms with van der Waals surface area (Å²) in [7, 11) is 0. The molecule has 1 aromatic carbocycles. The van der Waals surface area contributed by atoms with Crippen LogP contribution in [0.3, 0.4) is 0 Å². The number of benzene rings is 1. The second-order valence-electron chi connectivity index (χ2n) is 6.10. The molecule has 0 bridgehead atoms. The first-order valence-corrected chi connectivity index (χ1v) is 8.66. The highest BCUT2D eigenvalue weighted by Crippen LogP contribution is 2.29. The first-order valence-electron chi connectivity index (χ1n) is 8.66. The van der Waals surface area contributed by atoms with Gasteiger partial charge in [-0.05, 0) is 11.6 Å². The molecule has 2 aromatic heterocycles. The topological polar surface area (TPSA) is 86.6 Å². The zero-order valence-corrected chi connectivity index (χ0v) is 14.6. The van der Waals surface area contributed by atoms with E-state index in [1.807, 2.05) is 30.3 Å². The molecule has 3 aromatic rings. The average Bonchev–Trinajstić information content (AvgIpc) is 2.70. The van der Waals surface area contributed by atoms with Crippen molar-refractivity contribution in [2.75, 3.05) is 13.2 Å². The van der Waals surface area contributed by atoms with E-state index >= 15 is 0 Å². The SMILES string of the molecule is OCc1cc(-c2nccc(OC3COC3)n2)c(OCc2ccccc2)cn1. The van der Waals surface area contributed by atoms with Gasteiger partial charge in [-0.1, -0.05) is 30.3 Å². The molecule has 1 N–H and O–H groups in total. The summed E-state index contributed by atoms with van der Waals surface area (Å²) in [6.45, 7) is 1.34. The van der Waals surface area contributed by atoms with Gasteiger partial charge >= 0.3 is 0 Å². The van der Waals surface area contributed by atoms with E-state index in [0.717, 1.165) is 5.56 Å². The molecule has 1 fully saturated rings. The Morgan fingerprint density at radius 2 is 1.96 bits per heavy atom. The van der Waals surface area contributed by atoms with E-state index in [1.54, 1.807) is 24.5 Å². The van der Waals surface area contributed by atoms with Gasteiger partial charge in [0.05, 0.1) is 37.3 Å². The molecule has 0 atom stereocenters. The fourth-order valence-electron chi connectivity index (χ4n) is 2.59. The Morgan fingerprint density at radius 1 is 1.11 bits per heavy atom. The number of hydrogen-bond donors (Lipinski definition) is 1. The van der Waals surface area contributed by atoms with Gasteiger partial charge in [-0.2, -0.15) is 4.98 Å². The van der Waals surface area contributed by atoms with Crippen molar-refractivity contribution in [2.24, 2.45) is 0 Å². The summed E-state index contributed by atoms with van der Waals surface area (Å²) in [6, 6.07) is 13.3. The molecular formula is C20H19N3O4. The van der Waals surface area contributed by atoms with E-state index in [1.165, 1.54) is 0 Å². The number of hydrogen-bond acceptors (Lipinski definition) is 7. The minimum absolute atomic E-state index is 0.0204. The summed E-state index contributed by atoms with van der Waals surface area (Å²) < 4.78 is 16.8. The molecule has 0 unspecified atom stereocenters. The number of nitrogens with zero attached hydrogens (tertiary/aromatic N) is 3. The average molecular weight is 365 g/mol. The van der Waals surface area contributed by atoms with Crippen LogP contribution < -0.4 is 9.47 Å². The molecule has 138 valence electrons. The van der Waals surface area contributed by atoms with Crippen LogP contribution in [0.1, 0.15) is 11.3 Å². The van der Waals surface area contributed by atoms with E-state index in [2.05, 4.69) is 15.0 Å². The molecule has 27 heavy (non-hydrogen) atoms. The standard InChI is InChI=1S/C20H19N3O4/c24-10-15-8-17(18(9-22-15)26-11-14-4-2-1-3-5-14)20-21-7-6-19(23-20)27-16-12-25-13-16/h1-9,16,24H,10-13H2. The van der Waals surface area contributed by atoms with Crippen LogP contribution in [0, 0.1) is 0 Å². The van der Waals surface area contributed by atoms with E-state index in [-0.39, 0.29) is 12.7 Å². The van der Waals surface area contributed by atoms with Crippen molar-refractivity contribution in [1.29, 1.82) is 0 Å². The van der Waals surface area contributed by atoms with Gasteiger partial charge in [0.1, 0.15) is 18.5 Å². The number of aliphatic hydroxyl groups excluding tert-OH is 1. The third-order valence-electron chi connectivity index (χ3n) is 4.09. The van der Waals surface area contributed by atoms with Crippen LogP contribution in [0.4, 0.5) is 0 Å². The first-order chi connectivity index (χ1) is 13.3. The molecule has 0 spiro atoms. The molecule has 0 amide bonds. The maximum Gasteiger partial charge on any atom is 0.217 e. The Balaban J connectivity index is 1.60. The van der Waals surface area contributed by atoms with E-state index < -0.39 is 0 Å². The highest BCUT2D eigenvalue weighted by atomic mass is 16.6. The predicted molar refractivity (Wildman–Crippen MR) is 97.2 cm³/mol. The Morgan fingerprint density at radius 3 is 2.70 bits per heavy atom. The number of ether oxygens (including phenoxy) is 3. The molecule has 0 saturated carbocycles. The van der Waals surface area contributed by atoms with Gasteiger partial charge in [0.2, 0.25) is 5.88 Å². The van der Waals surface area contributed by atoms with Crippen molar-refractivity contribution in [3.05, 3.63) is 66.1 Å². The Labute approximate surface area is 156 Å². The fourth-order valence-corrected chi connectivity index (χ4v) is 2.59. The van der Waals surface area contributed by atoms with Gasteiger partial charge in [0.15, 0.2) is 5.82 Å². The molecule has 1 aliphatic heterocycles. The van der Waals surface area contributed by atoms with Crippen molar-refractivity contribution in [3.8, 4) is 23.0 Å². The molecule has 1 aliphatic rings. The largest absolute Gasteiger partial charge is 0.487 e. The van der Waals surface area contributed by atoms with Gasteiger partial charge in [0, 0.05) is 12.3 Å². The maximum absolute atomic E-state index is 9.44. The Hall–Kier alpha value is -3.03. The molecule has 0 radical (unpaired) electrons. The molecule has 1 saturated heterocycles. The van der Waals surface area contributed by atoms with Crippen LogP contribution in [-0.4, -0.2) is 39.4 Å². The van der Waals surface area contributed by atoms with Gasteiger partial charge in [-0.15, -0.1) is 0 Å². The third-order valence-corrected chi connectivity index (χ3v) is 4.09. The van der Waals surface area contributed by atoms with Crippen molar-refractivity contribution < 1.29 is 19.3 Å². The van der Waals surface area contributed by atoms with Crippen LogP contribution in [0.2, 0.25) is 0 Å². The fraction of sp³-hybridized carbons (Fsp3) is 0.250. The highest BCUT2D eigenvalue weighted by Gasteiger charge is 2.21. The summed E-state index contributed by atoms with van der Waals surface area (Å²) >= 11 is 0. The zero-order valence-electron chi connectivity index (χ0n) is 14.6. The van der Waals surface area contributed by atoms with Gasteiger partial charge in [-0.25, -0.2) is 4.98 Å². The number of aromatic nitrogens is 3. The highest BCUT2D eigenvalue weighted by molar-refractivity contribution is 5.64.